The zero-order chi connectivity index (χ0) is 14.0. The van der Waals surface area contributed by atoms with E-state index >= 15 is 0 Å². The summed E-state index contributed by atoms with van der Waals surface area (Å²) in [5.41, 5.74) is 6.85. The van der Waals surface area contributed by atoms with E-state index in [0.717, 1.165) is 30.2 Å². The van der Waals surface area contributed by atoms with Gasteiger partial charge in [0.25, 0.3) is 0 Å². The van der Waals surface area contributed by atoms with E-state index in [4.69, 9.17) is 0 Å². The van der Waals surface area contributed by atoms with Crippen LogP contribution in [0.5, 0.6) is 0 Å². The van der Waals surface area contributed by atoms with E-state index in [-0.39, 0.29) is 0 Å². The average molecular weight is 258 g/mol. The number of aryl methyl sites for hydroxylation is 2. The third-order valence-electron chi connectivity index (χ3n) is 3.55. The van der Waals surface area contributed by atoms with Crippen molar-refractivity contribution in [2.75, 3.05) is 6.54 Å². The molecule has 0 saturated carbocycles. The fourth-order valence-corrected chi connectivity index (χ4v) is 2.12. The van der Waals surface area contributed by atoms with Crippen molar-refractivity contribution in [3.63, 3.8) is 0 Å². The second-order valence-corrected chi connectivity index (χ2v) is 4.94. The SMILES string of the molecule is CCNCc1cnc(C)cc1-n1nc(C)c(C)c1C. The predicted molar refractivity (Wildman–Crippen MR) is 77.7 cm³/mol. The van der Waals surface area contributed by atoms with Gasteiger partial charge in [-0.05, 0) is 45.9 Å². The van der Waals surface area contributed by atoms with E-state index in [2.05, 4.69) is 49.2 Å². The maximum Gasteiger partial charge on any atom is 0.0727 e. The lowest BCUT2D eigenvalue weighted by Crippen LogP contribution is -2.15. The quantitative estimate of drug-likeness (QED) is 0.916. The minimum absolute atomic E-state index is 0.816. The van der Waals surface area contributed by atoms with E-state index in [1.54, 1.807) is 0 Å². The normalized spacial score (nSPS) is 11.0. The lowest BCUT2D eigenvalue weighted by atomic mass is 10.2. The van der Waals surface area contributed by atoms with Crippen molar-refractivity contribution in [3.05, 3.63) is 40.5 Å². The number of pyridine rings is 1. The van der Waals surface area contributed by atoms with Crippen LogP contribution in [0, 0.1) is 27.7 Å². The molecule has 0 aliphatic carbocycles. The summed E-state index contributed by atoms with van der Waals surface area (Å²) in [5.74, 6) is 0. The van der Waals surface area contributed by atoms with E-state index in [9.17, 15) is 0 Å². The molecule has 0 unspecified atom stereocenters. The Balaban J connectivity index is 2.52. The Morgan fingerprint density at radius 1 is 1.21 bits per heavy atom. The van der Waals surface area contributed by atoms with Crippen LogP contribution in [0.15, 0.2) is 12.3 Å². The molecule has 0 amide bonds. The zero-order valence-electron chi connectivity index (χ0n) is 12.4. The maximum absolute atomic E-state index is 4.65. The van der Waals surface area contributed by atoms with Crippen molar-refractivity contribution in [2.24, 2.45) is 0 Å². The van der Waals surface area contributed by atoms with Crippen LogP contribution in [0.3, 0.4) is 0 Å². The first-order valence-corrected chi connectivity index (χ1v) is 6.74. The molecule has 0 aliphatic rings. The van der Waals surface area contributed by atoms with Crippen LogP contribution in [0.2, 0.25) is 0 Å². The van der Waals surface area contributed by atoms with Crippen molar-refractivity contribution >= 4 is 0 Å². The first-order valence-electron chi connectivity index (χ1n) is 6.74. The van der Waals surface area contributed by atoms with Crippen LogP contribution in [0.4, 0.5) is 0 Å². The van der Waals surface area contributed by atoms with Gasteiger partial charge in [-0.15, -0.1) is 0 Å². The van der Waals surface area contributed by atoms with Crippen LogP contribution >= 0.6 is 0 Å². The van der Waals surface area contributed by atoms with Crippen molar-refractivity contribution in [2.45, 2.75) is 41.2 Å². The standard InChI is InChI=1S/C15H22N4/c1-6-16-8-14-9-17-10(2)7-15(14)19-13(5)11(3)12(4)18-19/h7,9,16H,6,8H2,1-5H3. The molecule has 4 heteroatoms. The van der Waals surface area contributed by atoms with Gasteiger partial charge < -0.3 is 5.32 Å². The Bertz CT molecular complexity index is 584. The van der Waals surface area contributed by atoms with Gasteiger partial charge in [-0.25, -0.2) is 4.68 Å². The molecule has 2 rings (SSSR count). The molecule has 0 spiro atoms. The van der Waals surface area contributed by atoms with Crippen molar-refractivity contribution < 1.29 is 0 Å². The lowest BCUT2D eigenvalue weighted by molar-refractivity contribution is 0.709. The molecular weight excluding hydrogens is 236 g/mol. The topological polar surface area (TPSA) is 42.7 Å². The van der Waals surface area contributed by atoms with E-state index in [1.165, 1.54) is 16.8 Å². The van der Waals surface area contributed by atoms with Gasteiger partial charge in [-0.3, -0.25) is 4.98 Å². The molecule has 4 nitrogen and oxygen atoms in total. The Hall–Kier alpha value is -1.68. The number of rotatable bonds is 4. The summed E-state index contributed by atoms with van der Waals surface area (Å²) in [6, 6.07) is 2.10. The van der Waals surface area contributed by atoms with Crippen LogP contribution < -0.4 is 5.32 Å². The number of aromatic nitrogens is 3. The molecule has 0 atom stereocenters. The molecular formula is C15H22N4. The molecule has 0 bridgehead atoms. The fraction of sp³-hybridized carbons (Fsp3) is 0.467. The van der Waals surface area contributed by atoms with Gasteiger partial charge in [0.15, 0.2) is 0 Å². The highest BCUT2D eigenvalue weighted by Gasteiger charge is 2.12. The van der Waals surface area contributed by atoms with Crippen molar-refractivity contribution in [1.82, 2.24) is 20.1 Å². The predicted octanol–water partition coefficient (Wildman–Crippen LogP) is 2.61. The molecule has 1 N–H and O–H groups in total. The van der Waals surface area contributed by atoms with Gasteiger partial charge in [-0.1, -0.05) is 6.92 Å². The highest BCUT2D eigenvalue weighted by Crippen LogP contribution is 2.20. The maximum atomic E-state index is 4.65. The third-order valence-corrected chi connectivity index (χ3v) is 3.55. The van der Waals surface area contributed by atoms with E-state index in [1.807, 2.05) is 17.8 Å². The molecule has 0 saturated heterocycles. The summed E-state index contributed by atoms with van der Waals surface area (Å²) in [6.45, 7) is 12.2. The summed E-state index contributed by atoms with van der Waals surface area (Å²) >= 11 is 0. The minimum Gasteiger partial charge on any atom is -0.313 e. The highest BCUT2D eigenvalue weighted by atomic mass is 15.3. The second kappa shape index (κ2) is 5.53. The first kappa shape index (κ1) is 13.7. The Labute approximate surface area is 114 Å². The summed E-state index contributed by atoms with van der Waals surface area (Å²) < 4.78 is 2.03. The van der Waals surface area contributed by atoms with E-state index < -0.39 is 0 Å². The smallest absolute Gasteiger partial charge is 0.0727 e. The number of hydrogen-bond donors (Lipinski definition) is 1. The molecule has 0 fully saturated rings. The van der Waals surface area contributed by atoms with Gasteiger partial charge in [0.1, 0.15) is 0 Å². The minimum atomic E-state index is 0.816. The summed E-state index contributed by atoms with van der Waals surface area (Å²) in [7, 11) is 0. The van der Waals surface area contributed by atoms with Crippen molar-refractivity contribution in [1.29, 1.82) is 0 Å². The summed E-state index contributed by atoms with van der Waals surface area (Å²) in [6.07, 6.45) is 1.94. The number of hydrogen-bond acceptors (Lipinski definition) is 3. The number of nitrogens with one attached hydrogen (secondary N) is 1. The van der Waals surface area contributed by atoms with Crippen LogP contribution in [0.1, 0.15) is 35.1 Å². The molecule has 19 heavy (non-hydrogen) atoms. The first-order chi connectivity index (χ1) is 9.04. The lowest BCUT2D eigenvalue weighted by Gasteiger charge is -2.12. The average Bonchev–Trinajstić information content (AvgIpc) is 2.65. The summed E-state index contributed by atoms with van der Waals surface area (Å²) in [5, 5.41) is 8.00. The van der Waals surface area contributed by atoms with Gasteiger partial charge in [-0.2, -0.15) is 5.10 Å². The Kier molecular flexibility index (Phi) is 4.00. The number of nitrogens with zero attached hydrogens (tertiary/aromatic N) is 3. The highest BCUT2D eigenvalue weighted by molar-refractivity contribution is 5.43. The van der Waals surface area contributed by atoms with Gasteiger partial charge in [0.2, 0.25) is 0 Å². The molecule has 2 heterocycles. The van der Waals surface area contributed by atoms with Gasteiger partial charge in [0, 0.05) is 29.7 Å². The molecule has 0 aromatic carbocycles. The van der Waals surface area contributed by atoms with Crippen LogP contribution in [-0.2, 0) is 6.54 Å². The van der Waals surface area contributed by atoms with Gasteiger partial charge in [0.05, 0.1) is 11.4 Å². The molecule has 2 aromatic rings. The monoisotopic (exact) mass is 258 g/mol. The molecule has 0 aliphatic heterocycles. The van der Waals surface area contributed by atoms with Crippen LogP contribution in [-0.4, -0.2) is 21.3 Å². The molecule has 102 valence electrons. The Morgan fingerprint density at radius 3 is 2.53 bits per heavy atom. The van der Waals surface area contributed by atoms with Gasteiger partial charge >= 0.3 is 0 Å². The molecule has 0 radical (unpaired) electrons. The van der Waals surface area contributed by atoms with Crippen LogP contribution in [0.25, 0.3) is 5.69 Å². The molecule has 2 aromatic heterocycles. The summed E-state index contributed by atoms with van der Waals surface area (Å²) in [4.78, 5) is 4.40. The van der Waals surface area contributed by atoms with Crippen molar-refractivity contribution in [3.8, 4) is 5.69 Å². The fourth-order valence-electron chi connectivity index (χ4n) is 2.12. The Morgan fingerprint density at radius 2 is 1.95 bits per heavy atom. The third kappa shape index (κ3) is 2.68. The zero-order valence-corrected chi connectivity index (χ0v) is 12.4. The van der Waals surface area contributed by atoms with E-state index in [0.29, 0.717) is 0 Å². The second-order valence-electron chi connectivity index (χ2n) is 4.94. The largest absolute Gasteiger partial charge is 0.313 e.